The lowest BCUT2D eigenvalue weighted by Crippen LogP contribution is -2.36. The van der Waals surface area contributed by atoms with E-state index >= 15 is 0 Å². The van der Waals surface area contributed by atoms with Crippen molar-refractivity contribution in [3.05, 3.63) is 33.9 Å². The van der Waals surface area contributed by atoms with Gasteiger partial charge < -0.3 is 9.84 Å². The molecule has 1 saturated heterocycles. The summed E-state index contributed by atoms with van der Waals surface area (Å²) in [6.45, 7) is 5.67. The van der Waals surface area contributed by atoms with Crippen LogP contribution in [-0.4, -0.2) is 40.1 Å². The van der Waals surface area contributed by atoms with Crippen LogP contribution in [0, 0.1) is 16.0 Å². The lowest BCUT2D eigenvalue weighted by molar-refractivity contribution is -0.385. The van der Waals surface area contributed by atoms with Gasteiger partial charge in [-0.1, -0.05) is 0 Å². The topological polar surface area (TPSA) is 92.9 Å². The van der Waals surface area contributed by atoms with Crippen LogP contribution in [0.25, 0.3) is 0 Å². The highest BCUT2D eigenvalue weighted by molar-refractivity contribution is 5.85. The molecule has 1 aromatic rings. The third-order valence-corrected chi connectivity index (χ3v) is 3.95. The van der Waals surface area contributed by atoms with Crippen LogP contribution in [0.2, 0.25) is 0 Å². The first kappa shape index (κ1) is 20.2. The maximum Gasteiger partial charge on any atom is 0.306 e. The predicted octanol–water partition coefficient (Wildman–Crippen LogP) is 3.10. The van der Waals surface area contributed by atoms with E-state index in [4.69, 9.17) is 9.84 Å². The van der Waals surface area contributed by atoms with Gasteiger partial charge in [0.15, 0.2) is 0 Å². The van der Waals surface area contributed by atoms with Gasteiger partial charge in [-0.25, -0.2) is 0 Å². The Balaban J connectivity index is 0.00000288. The molecule has 0 spiro atoms. The molecule has 0 aliphatic carbocycles. The molecular formula is C16H23ClN2O5. The second-order valence-electron chi connectivity index (χ2n) is 6.10. The average Bonchev–Trinajstić information content (AvgIpc) is 2.49. The van der Waals surface area contributed by atoms with Crippen LogP contribution in [0.1, 0.15) is 32.3 Å². The Morgan fingerprint density at radius 1 is 1.42 bits per heavy atom. The summed E-state index contributed by atoms with van der Waals surface area (Å²) in [6, 6.07) is 4.62. The molecule has 134 valence electrons. The van der Waals surface area contributed by atoms with Crippen LogP contribution in [-0.2, 0) is 11.3 Å². The quantitative estimate of drug-likeness (QED) is 0.620. The number of ether oxygens (including phenoxy) is 1. The van der Waals surface area contributed by atoms with Gasteiger partial charge in [0.2, 0.25) is 0 Å². The third-order valence-electron chi connectivity index (χ3n) is 3.95. The molecule has 1 heterocycles. The van der Waals surface area contributed by atoms with Crippen molar-refractivity contribution < 1.29 is 19.6 Å². The molecule has 0 radical (unpaired) electrons. The smallest absolute Gasteiger partial charge is 0.306 e. The number of rotatable bonds is 6. The zero-order valence-corrected chi connectivity index (χ0v) is 14.6. The number of piperidine rings is 1. The fraction of sp³-hybridized carbons (Fsp3) is 0.562. The monoisotopic (exact) mass is 358 g/mol. The summed E-state index contributed by atoms with van der Waals surface area (Å²) in [5, 5.41) is 20.0. The van der Waals surface area contributed by atoms with E-state index in [2.05, 4.69) is 4.90 Å². The largest absolute Gasteiger partial charge is 0.491 e. The normalized spacial score (nSPS) is 15.8. The Hall–Kier alpha value is -1.86. The number of likely N-dealkylation sites (tertiary alicyclic amines) is 1. The molecule has 0 amide bonds. The van der Waals surface area contributed by atoms with Crippen molar-refractivity contribution in [2.24, 2.45) is 5.92 Å². The molecule has 1 fully saturated rings. The molecule has 0 unspecified atom stereocenters. The van der Waals surface area contributed by atoms with Gasteiger partial charge in [0.1, 0.15) is 5.75 Å². The SMILES string of the molecule is CC(C)Oc1ccc([N+](=O)[O-])cc1CN1CCC(C(=O)O)CC1.Cl. The molecule has 0 saturated carbocycles. The minimum absolute atomic E-state index is 0. The van der Waals surface area contributed by atoms with Crippen LogP contribution >= 0.6 is 12.4 Å². The molecule has 8 heteroatoms. The number of non-ortho nitro benzene ring substituents is 1. The summed E-state index contributed by atoms with van der Waals surface area (Å²) in [4.78, 5) is 23.7. The van der Waals surface area contributed by atoms with Gasteiger partial charge in [-0.2, -0.15) is 0 Å². The number of nitro benzene ring substituents is 1. The Bertz CT molecular complexity index is 586. The first-order valence-corrected chi connectivity index (χ1v) is 7.76. The highest BCUT2D eigenvalue weighted by atomic mass is 35.5. The Morgan fingerprint density at radius 2 is 2.04 bits per heavy atom. The van der Waals surface area contributed by atoms with Crippen molar-refractivity contribution in [3.63, 3.8) is 0 Å². The Kier molecular flexibility index (Phi) is 7.44. The molecule has 0 atom stereocenters. The molecule has 1 aliphatic rings. The van der Waals surface area contributed by atoms with Crippen LogP contribution < -0.4 is 4.74 Å². The second kappa shape index (κ2) is 8.84. The van der Waals surface area contributed by atoms with Gasteiger partial charge in [-0.15, -0.1) is 12.4 Å². The summed E-state index contributed by atoms with van der Waals surface area (Å²) in [6.07, 6.45) is 1.18. The van der Waals surface area contributed by atoms with E-state index in [0.29, 0.717) is 38.2 Å². The summed E-state index contributed by atoms with van der Waals surface area (Å²) in [7, 11) is 0. The second-order valence-corrected chi connectivity index (χ2v) is 6.10. The summed E-state index contributed by atoms with van der Waals surface area (Å²) in [5.74, 6) is -0.391. The van der Waals surface area contributed by atoms with Crippen LogP contribution in [0.3, 0.4) is 0 Å². The number of nitro groups is 1. The van der Waals surface area contributed by atoms with Crippen LogP contribution in [0.4, 0.5) is 5.69 Å². The van der Waals surface area contributed by atoms with Gasteiger partial charge in [-0.05, 0) is 45.8 Å². The molecule has 1 N–H and O–H groups in total. The van der Waals surface area contributed by atoms with Crippen molar-refractivity contribution >= 4 is 24.1 Å². The lowest BCUT2D eigenvalue weighted by atomic mass is 9.96. The maximum atomic E-state index is 11.0. The highest BCUT2D eigenvalue weighted by Crippen LogP contribution is 2.28. The van der Waals surface area contributed by atoms with Gasteiger partial charge >= 0.3 is 5.97 Å². The summed E-state index contributed by atoms with van der Waals surface area (Å²) < 4.78 is 5.74. The third kappa shape index (κ3) is 5.35. The van der Waals surface area contributed by atoms with Crippen molar-refractivity contribution in [3.8, 4) is 5.75 Å². The fourth-order valence-corrected chi connectivity index (χ4v) is 2.75. The maximum absolute atomic E-state index is 11.0. The lowest BCUT2D eigenvalue weighted by Gasteiger charge is -2.30. The predicted molar refractivity (Wildman–Crippen MR) is 91.7 cm³/mol. The number of halogens is 1. The minimum Gasteiger partial charge on any atom is -0.491 e. The molecule has 1 aliphatic heterocycles. The molecule has 2 rings (SSSR count). The number of hydrogen-bond acceptors (Lipinski definition) is 5. The minimum atomic E-state index is -0.746. The first-order chi connectivity index (χ1) is 10.9. The van der Waals surface area contributed by atoms with E-state index in [9.17, 15) is 14.9 Å². The van der Waals surface area contributed by atoms with Crippen LogP contribution in [0.15, 0.2) is 18.2 Å². The molecule has 24 heavy (non-hydrogen) atoms. The zero-order chi connectivity index (χ0) is 17.0. The molecule has 7 nitrogen and oxygen atoms in total. The van der Waals surface area contributed by atoms with E-state index in [1.807, 2.05) is 13.8 Å². The first-order valence-electron chi connectivity index (χ1n) is 7.76. The van der Waals surface area contributed by atoms with Gasteiger partial charge in [-0.3, -0.25) is 19.8 Å². The van der Waals surface area contributed by atoms with Gasteiger partial charge in [0.25, 0.3) is 5.69 Å². The van der Waals surface area contributed by atoms with Crippen molar-refractivity contribution in [2.45, 2.75) is 39.3 Å². The summed E-state index contributed by atoms with van der Waals surface area (Å²) >= 11 is 0. The molecule has 0 aromatic heterocycles. The standard InChI is InChI=1S/C16H22N2O5.ClH/c1-11(2)23-15-4-3-14(18(21)22)9-13(15)10-17-7-5-12(6-8-17)16(19)20;/h3-4,9,11-12H,5-8,10H2,1-2H3,(H,19,20);1H. The fourth-order valence-electron chi connectivity index (χ4n) is 2.75. The average molecular weight is 359 g/mol. The Morgan fingerprint density at radius 3 is 2.54 bits per heavy atom. The van der Waals surface area contributed by atoms with E-state index in [-0.39, 0.29) is 30.1 Å². The zero-order valence-electron chi connectivity index (χ0n) is 13.8. The number of aliphatic carboxylic acids is 1. The highest BCUT2D eigenvalue weighted by Gasteiger charge is 2.25. The molecular weight excluding hydrogens is 336 g/mol. The van der Waals surface area contributed by atoms with E-state index in [1.54, 1.807) is 12.1 Å². The van der Waals surface area contributed by atoms with Crippen molar-refractivity contribution in [2.75, 3.05) is 13.1 Å². The van der Waals surface area contributed by atoms with Crippen molar-refractivity contribution in [1.29, 1.82) is 0 Å². The van der Waals surface area contributed by atoms with Crippen molar-refractivity contribution in [1.82, 2.24) is 4.90 Å². The van der Waals surface area contributed by atoms with Crippen LogP contribution in [0.5, 0.6) is 5.75 Å². The van der Waals surface area contributed by atoms with Gasteiger partial charge in [0, 0.05) is 24.2 Å². The molecule has 1 aromatic carbocycles. The number of carboxylic acids is 1. The molecule has 0 bridgehead atoms. The van der Waals surface area contributed by atoms with E-state index in [0.717, 1.165) is 5.56 Å². The van der Waals surface area contributed by atoms with Gasteiger partial charge in [0.05, 0.1) is 16.9 Å². The number of carboxylic acid groups (broad SMARTS) is 1. The summed E-state index contributed by atoms with van der Waals surface area (Å²) in [5.41, 5.74) is 0.804. The van der Waals surface area contributed by atoms with E-state index < -0.39 is 10.9 Å². The number of carbonyl (C=O) groups is 1. The number of hydrogen-bond donors (Lipinski definition) is 1. The Labute approximate surface area is 147 Å². The number of nitrogens with zero attached hydrogens (tertiary/aromatic N) is 2. The van der Waals surface area contributed by atoms with E-state index in [1.165, 1.54) is 6.07 Å². The number of benzene rings is 1.